The minimum atomic E-state index is 0.736. The number of benzene rings is 9. The summed E-state index contributed by atoms with van der Waals surface area (Å²) in [6, 6.07) is 70.2. The molecule has 0 atom stereocenters. The summed E-state index contributed by atoms with van der Waals surface area (Å²) >= 11 is 0. The van der Waals surface area contributed by atoms with Crippen LogP contribution < -0.4 is 0 Å². The van der Waals surface area contributed by atoms with Crippen LogP contribution >= 0.6 is 0 Å². The van der Waals surface area contributed by atoms with E-state index >= 15 is 0 Å². The minimum absolute atomic E-state index is 0.736. The van der Waals surface area contributed by atoms with E-state index in [0.29, 0.717) is 0 Å². The zero-order valence-electron chi connectivity index (χ0n) is 31.3. The monoisotopic (exact) mass is 736 g/mol. The molecule has 1 aliphatic rings. The molecule has 0 saturated heterocycles. The van der Waals surface area contributed by atoms with Gasteiger partial charge in [0, 0.05) is 49.4 Å². The molecule has 0 unspecified atom stereocenters. The van der Waals surface area contributed by atoms with Gasteiger partial charge < -0.3 is 9.13 Å². The van der Waals surface area contributed by atoms with Crippen molar-refractivity contribution >= 4 is 65.3 Å². The highest BCUT2D eigenvalue weighted by Gasteiger charge is 2.24. The second kappa shape index (κ2) is 11.8. The Kier molecular flexibility index (Phi) is 6.41. The van der Waals surface area contributed by atoms with E-state index in [4.69, 9.17) is 9.97 Å². The Morgan fingerprint density at radius 2 is 0.983 bits per heavy atom. The third kappa shape index (κ3) is 4.40. The van der Waals surface area contributed by atoms with E-state index in [9.17, 15) is 0 Å². The van der Waals surface area contributed by atoms with Gasteiger partial charge in [0.15, 0.2) is 5.82 Å². The molecule has 9 aromatic carbocycles. The van der Waals surface area contributed by atoms with Crippen LogP contribution in [0.15, 0.2) is 194 Å². The van der Waals surface area contributed by atoms with Crippen molar-refractivity contribution in [2.24, 2.45) is 0 Å². The van der Waals surface area contributed by atoms with Gasteiger partial charge in [0.05, 0.1) is 33.3 Å². The molecular formula is C54H32N4. The predicted octanol–water partition coefficient (Wildman–Crippen LogP) is 14.0. The molecule has 4 heteroatoms. The molecule has 0 amide bonds. The van der Waals surface area contributed by atoms with Gasteiger partial charge in [0.1, 0.15) is 0 Å². The van der Waals surface area contributed by atoms with E-state index < -0.39 is 0 Å². The highest BCUT2D eigenvalue weighted by molar-refractivity contribution is 6.22. The fraction of sp³-hybridized carbons (Fsp3) is 0. The number of aromatic nitrogens is 4. The molecular weight excluding hydrogens is 705 g/mol. The summed E-state index contributed by atoms with van der Waals surface area (Å²) in [5.74, 6) is 0.736. The van der Waals surface area contributed by atoms with Crippen molar-refractivity contribution in [1.82, 2.24) is 19.1 Å². The largest absolute Gasteiger partial charge is 0.309 e. The van der Waals surface area contributed by atoms with Crippen molar-refractivity contribution in [2.45, 2.75) is 0 Å². The van der Waals surface area contributed by atoms with Crippen molar-refractivity contribution in [3.05, 3.63) is 194 Å². The first kappa shape index (κ1) is 31.4. The van der Waals surface area contributed by atoms with Crippen LogP contribution in [-0.4, -0.2) is 19.1 Å². The standard InChI is InChI=1S/C54H32N4/c1-2-13-37(14-3-1)57-47-22-8-6-17-41(47)45-32-34(25-28-49(45)57)33-24-27-39-35(30-33)26-29-50-51(39)44-19-7-9-23-48(44)58(50)38-15-10-12-36(31-38)54-55-46-21-11-20-42-40-16-4-5-18-43(40)53(56-54)52(42)46/h1-32H. The van der Waals surface area contributed by atoms with Crippen molar-refractivity contribution in [1.29, 1.82) is 0 Å². The first-order valence-corrected chi connectivity index (χ1v) is 19.8. The number of fused-ring (bicyclic) bond motifs is 11. The normalized spacial score (nSPS) is 12.1. The molecule has 3 heterocycles. The van der Waals surface area contributed by atoms with Gasteiger partial charge in [0.2, 0.25) is 0 Å². The van der Waals surface area contributed by atoms with Crippen LogP contribution in [0, 0.1) is 0 Å². The Labute approximate surface area is 333 Å². The lowest BCUT2D eigenvalue weighted by Crippen LogP contribution is -1.97. The molecule has 58 heavy (non-hydrogen) atoms. The molecule has 0 spiro atoms. The number of hydrogen-bond acceptors (Lipinski definition) is 2. The second-order valence-corrected chi connectivity index (χ2v) is 15.4. The van der Waals surface area contributed by atoms with Gasteiger partial charge in [-0.25, -0.2) is 9.97 Å². The summed E-state index contributed by atoms with van der Waals surface area (Å²) in [5, 5.41) is 8.60. The molecule has 3 aromatic heterocycles. The van der Waals surface area contributed by atoms with Crippen LogP contribution in [0.1, 0.15) is 0 Å². The minimum Gasteiger partial charge on any atom is -0.309 e. The Morgan fingerprint density at radius 1 is 0.328 bits per heavy atom. The summed E-state index contributed by atoms with van der Waals surface area (Å²) in [6.45, 7) is 0. The van der Waals surface area contributed by atoms with E-state index in [2.05, 4.69) is 203 Å². The third-order valence-corrected chi connectivity index (χ3v) is 12.2. The van der Waals surface area contributed by atoms with Crippen LogP contribution in [0.4, 0.5) is 0 Å². The zero-order chi connectivity index (χ0) is 37.9. The summed E-state index contributed by atoms with van der Waals surface area (Å²) in [7, 11) is 0. The molecule has 0 aliphatic heterocycles. The van der Waals surface area contributed by atoms with Gasteiger partial charge in [0.25, 0.3) is 0 Å². The average molecular weight is 737 g/mol. The van der Waals surface area contributed by atoms with Gasteiger partial charge in [-0.15, -0.1) is 0 Å². The predicted molar refractivity (Wildman–Crippen MR) is 241 cm³/mol. The van der Waals surface area contributed by atoms with E-state index in [1.54, 1.807) is 0 Å². The maximum Gasteiger partial charge on any atom is 0.160 e. The van der Waals surface area contributed by atoms with Gasteiger partial charge >= 0.3 is 0 Å². The van der Waals surface area contributed by atoms with Gasteiger partial charge in [-0.2, -0.15) is 0 Å². The lowest BCUT2D eigenvalue weighted by atomic mass is 9.97. The van der Waals surface area contributed by atoms with Crippen molar-refractivity contribution < 1.29 is 0 Å². The lowest BCUT2D eigenvalue weighted by Gasteiger charge is -2.11. The molecule has 4 nitrogen and oxygen atoms in total. The van der Waals surface area contributed by atoms with Crippen LogP contribution in [-0.2, 0) is 0 Å². The third-order valence-electron chi connectivity index (χ3n) is 12.2. The first-order chi connectivity index (χ1) is 28.8. The fourth-order valence-electron chi connectivity index (χ4n) is 9.70. The molecule has 0 fully saturated rings. The van der Waals surface area contributed by atoms with Gasteiger partial charge in [-0.05, 0) is 99.8 Å². The summed E-state index contributed by atoms with van der Waals surface area (Å²) in [5.41, 5.74) is 16.0. The molecule has 0 radical (unpaired) electrons. The van der Waals surface area contributed by atoms with Gasteiger partial charge in [-0.3, -0.25) is 0 Å². The summed E-state index contributed by atoms with van der Waals surface area (Å²) < 4.78 is 4.76. The van der Waals surface area contributed by atoms with E-state index in [-0.39, 0.29) is 0 Å². The fourth-order valence-corrected chi connectivity index (χ4v) is 9.70. The van der Waals surface area contributed by atoms with Crippen LogP contribution in [0.3, 0.4) is 0 Å². The number of para-hydroxylation sites is 3. The SMILES string of the molecule is c1ccc(-n2c3ccccc3c3cc(-c4ccc5c(ccc6c5c5ccccc5n6-c5cccc(-c6nc7c8c(cccc8n6)-c6ccccc6-7)c5)c4)ccc32)cc1. The first-order valence-electron chi connectivity index (χ1n) is 19.8. The Bertz CT molecular complexity index is 3680. The van der Waals surface area contributed by atoms with Crippen molar-refractivity contribution in [3.63, 3.8) is 0 Å². The smallest absolute Gasteiger partial charge is 0.160 e. The molecule has 0 bridgehead atoms. The van der Waals surface area contributed by atoms with Crippen molar-refractivity contribution in [3.8, 4) is 56.3 Å². The Balaban J connectivity index is 0.948. The van der Waals surface area contributed by atoms with Crippen molar-refractivity contribution in [2.75, 3.05) is 0 Å². The molecule has 268 valence electrons. The maximum absolute atomic E-state index is 5.23. The van der Waals surface area contributed by atoms with Crippen LogP contribution in [0.2, 0.25) is 0 Å². The summed E-state index contributed by atoms with van der Waals surface area (Å²) in [6.07, 6.45) is 0. The number of rotatable bonds is 4. The molecule has 1 aliphatic carbocycles. The summed E-state index contributed by atoms with van der Waals surface area (Å²) in [4.78, 5) is 10.4. The second-order valence-electron chi connectivity index (χ2n) is 15.4. The highest BCUT2D eigenvalue weighted by Crippen LogP contribution is 2.46. The number of hydrogen-bond donors (Lipinski definition) is 0. The molecule has 13 rings (SSSR count). The quantitative estimate of drug-likeness (QED) is 0.180. The number of nitrogens with zero attached hydrogens (tertiary/aromatic N) is 4. The molecule has 12 aromatic rings. The zero-order valence-corrected chi connectivity index (χ0v) is 31.3. The molecule has 0 N–H and O–H groups in total. The van der Waals surface area contributed by atoms with E-state index in [0.717, 1.165) is 33.7 Å². The highest BCUT2D eigenvalue weighted by atomic mass is 15.0. The lowest BCUT2D eigenvalue weighted by molar-refractivity contribution is 1.17. The molecule has 0 saturated carbocycles. The average Bonchev–Trinajstić information content (AvgIpc) is 3.93. The van der Waals surface area contributed by atoms with Crippen LogP contribution in [0.25, 0.3) is 122 Å². The topological polar surface area (TPSA) is 35.6 Å². The Morgan fingerprint density at radius 3 is 1.88 bits per heavy atom. The van der Waals surface area contributed by atoms with Crippen LogP contribution in [0.5, 0.6) is 0 Å². The maximum atomic E-state index is 5.23. The Hall–Kier alpha value is -7.82. The van der Waals surface area contributed by atoms with E-state index in [1.165, 1.54) is 87.9 Å². The van der Waals surface area contributed by atoms with Gasteiger partial charge in [-0.1, -0.05) is 127 Å². The van der Waals surface area contributed by atoms with E-state index in [1.807, 2.05) is 0 Å².